The molecule has 2 N–H and O–H groups in total. The third-order valence-electron chi connectivity index (χ3n) is 3.09. The van der Waals surface area contributed by atoms with Crippen LogP contribution in [0.25, 0.3) is 0 Å². The molecule has 80 valence electrons. The highest BCUT2D eigenvalue weighted by Gasteiger charge is 2.30. The van der Waals surface area contributed by atoms with Crippen molar-refractivity contribution in [2.75, 3.05) is 13.1 Å². The number of rotatable bonds is 6. The van der Waals surface area contributed by atoms with E-state index < -0.39 is 0 Å². The normalized spacial score (nSPS) is 15.0. The Morgan fingerprint density at radius 2 is 1.62 bits per heavy atom. The van der Waals surface area contributed by atoms with Crippen molar-refractivity contribution in [1.82, 2.24) is 4.90 Å². The average molecular weight is 186 g/mol. The first-order valence-corrected chi connectivity index (χ1v) is 5.51. The molecule has 0 amide bonds. The highest BCUT2D eigenvalue weighted by Crippen LogP contribution is 2.20. The molecule has 2 nitrogen and oxygen atoms in total. The molecule has 0 fully saturated rings. The van der Waals surface area contributed by atoms with E-state index in [1.807, 2.05) is 0 Å². The van der Waals surface area contributed by atoms with Crippen LogP contribution in [0.1, 0.15) is 47.5 Å². The fourth-order valence-corrected chi connectivity index (χ4v) is 1.94. The van der Waals surface area contributed by atoms with Gasteiger partial charge < -0.3 is 5.73 Å². The van der Waals surface area contributed by atoms with Crippen LogP contribution in [0.2, 0.25) is 0 Å². The van der Waals surface area contributed by atoms with E-state index in [9.17, 15) is 0 Å². The highest BCUT2D eigenvalue weighted by molar-refractivity contribution is 4.90. The van der Waals surface area contributed by atoms with Gasteiger partial charge in [-0.1, -0.05) is 27.2 Å². The quantitative estimate of drug-likeness (QED) is 0.689. The Balaban J connectivity index is 4.32. The molecule has 2 heteroatoms. The lowest BCUT2D eigenvalue weighted by molar-refractivity contribution is 0.103. The summed E-state index contributed by atoms with van der Waals surface area (Å²) in [7, 11) is 0. The van der Waals surface area contributed by atoms with Crippen LogP contribution < -0.4 is 5.73 Å². The van der Waals surface area contributed by atoms with E-state index in [0.29, 0.717) is 0 Å². The van der Waals surface area contributed by atoms with Gasteiger partial charge in [0.15, 0.2) is 0 Å². The second kappa shape index (κ2) is 5.61. The maximum absolute atomic E-state index is 6.17. The molecule has 0 aliphatic carbocycles. The molecular weight excluding hydrogens is 160 g/mol. The maximum atomic E-state index is 6.17. The van der Waals surface area contributed by atoms with Crippen molar-refractivity contribution in [3.63, 3.8) is 0 Å². The molecule has 0 spiro atoms. The van der Waals surface area contributed by atoms with E-state index in [4.69, 9.17) is 5.73 Å². The Kier molecular flexibility index (Phi) is 5.57. The van der Waals surface area contributed by atoms with Gasteiger partial charge in [-0.15, -0.1) is 0 Å². The van der Waals surface area contributed by atoms with Crippen LogP contribution in [-0.2, 0) is 0 Å². The number of nitrogens with zero attached hydrogens (tertiary/aromatic N) is 1. The van der Waals surface area contributed by atoms with E-state index in [-0.39, 0.29) is 11.6 Å². The van der Waals surface area contributed by atoms with Gasteiger partial charge in [0, 0.05) is 11.6 Å². The Hall–Kier alpha value is -0.0800. The summed E-state index contributed by atoms with van der Waals surface area (Å²) in [6, 6.07) is 0.289. The standard InChI is InChI=1S/C11H26N2/c1-6-9-10(12)11(4,5)13(7-2)8-3/h10H,6-9,12H2,1-5H3. The summed E-state index contributed by atoms with van der Waals surface area (Å²) in [5.74, 6) is 0. The van der Waals surface area contributed by atoms with Crippen LogP contribution in [0.3, 0.4) is 0 Å². The minimum Gasteiger partial charge on any atom is -0.326 e. The zero-order valence-corrected chi connectivity index (χ0v) is 9.93. The zero-order chi connectivity index (χ0) is 10.5. The van der Waals surface area contributed by atoms with E-state index in [2.05, 4.69) is 39.5 Å². The third kappa shape index (κ3) is 3.28. The van der Waals surface area contributed by atoms with Crippen LogP contribution in [0.5, 0.6) is 0 Å². The first-order chi connectivity index (χ1) is 6.00. The van der Waals surface area contributed by atoms with Gasteiger partial charge in [-0.25, -0.2) is 0 Å². The first kappa shape index (κ1) is 12.9. The van der Waals surface area contributed by atoms with Crippen LogP contribution in [0.4, 0.5) is 0 Å². The Morgan fingerprint density at radius 3 is 1.92 bits per heavy atom. The van der Waals surface area contributed by atoms with Gasteiger partial charge in [0.1, 0.15) is 0 Å². The predicted octanol–water partition coefficient (Wildman–Crippen LogP) is 2.23. The van der Waals surface area contributed by atoms with Crippen molar-refractivity contribution in [3.05, 3.63) is 0 Å². The van der Waals surface area contributed by atoms with E-state index >= 15 is 0 Å². The molecule has 0 aromatic heterocycles. The van der Waals surface area contributed by atoms with E-state index in [0.717, 1.165) is 19.5 Å². The van der Waals surface area contributed by atoms with Crippen molar-refractivity contribution in [3.8, 4) is 0 Å². The molecule has 0 radical (unpaired) electrons. The molecule has 1 unspecified atom stereocenters. The molecule has 1 atom stereocenters. The van der Waals surface area contributed by atoms with Crippen molar-refractivity contribution in [1.29, 1.82) is 0 Å². The molecule has 0 saturated heterocycles. The van der Waals surface area contributed by atoms with Gasteiger partial charge in [0.25, 0.3) is 0 Å². The summed E-state index contributed by atoms with van der Waals surface area (Å²) in [4.78, 5) is 2.44. The number of likely N-dealkylation sites (N-methyl/N-ethyl adjacent to an activating group) is 1. The minimum atomic E-state index is 0.138. The van der Waals surface area contributed by atoms with Crippen molar-refractivity contribution in [2.45, 2.75) is 59.0 Å². The van der Waals surface area contributed by atoms with Crippen molar-refractivity contribution < 1.29 is 0 Å². The largest absolute Gasteiger partial charge is 0.326 e. The monoisotopic (exact) mass is 186 g/mol. The van der Waals surface area contributed by atoms with Crippen molar-refractivity contribution in [2.24, 2.45) is 5.73 Å². The lowest BCUT2D eigenvalue weighted by Crippen LogP contribution is -2.55. The molecule has 0 aliphatic rings. The van der Waals surface area contributed by atoms with Gasteiger partial charge in [-0.2, -0.15) is 0 Å². The molecule has 0 bridgehead atoms. The van der Waals surface area contributed by atoms with E-state index in [1.54, 1.807) is 0 Å². The average Bonchev–Trinajstić information content (AvgIpc) is 2.06. The fourth-order valence-electron chi connectivity index (χ4n) is 1.94. The van der Waals surface area contributed by atoms with Crippen LogP contribution in [0, 0.1) is 0 Å². The summed E-state index contributed by atoms with van der Waals surface area (Å²) < 4.78 is 0. The summed E-state index contributed by atoms with van der Waals surface area (Å²) in [5.41, 5.74) is 6.31. The van der Waals surface area contributed by atoms with Crippen LogP contribution >= 0.6 is 0 Å². The minimum absolute atomic E-state index is 0.138. The molecule has 0 heterocycles. The van der Waals surface area contributed by atoms with Crippen LogP contribution in [-0.4, -0.2) is 29.6 Å². The second-order valence-corrected chi connectivity index (χ2v) is 4.22. The van der Waals surface area contributed by atoms with Crippen molar-refractivity contribution >= 4 is 0 Å². The molecule has 13 heavy (non-hydrogen) atoms. The number of hydrogen-bond acceptors (Lipinski definition) is 2. The van der Waals surface area contributed by atoms with Gasteiger partial charge in [-0.3, -0.25) is 4.90 Å². The number of hydrogen-bond donors (Lipinski definition) is 1. The lowest BCUT2D eigenvalue weighted by atomic mass is 9.90. The topological polar surface area (TPSA) is 29.3 Å². The predicted molar refractivity (Wildman–Crippen MR) is 59.9 cm³/mol. The van der Waals surface area contributed by atoms with Crippen LogP contribution in [0.15, 0.2) is 0 Å². The molecule has 0 aromatic carbocycles. The molecule has 0 aliphatic heterocycles. The maximum Gasteiger partial charge on any atom is 0.0303 e. The lowest BCUT2D eigenvalue weighted by Gasteiger charge is -2.41. The number of nitrogens with two attached hydrogens (primary N) is 1. The highest BCUT2D eigenvalue weighted by atomic mass is 15.2. The summed E-state index contributed by atoms with van der Waals surface area (Å²) in [6.07, 6.45) is 2.29. The SMILES string of the molecule is CCCC(N)C(C)(C)N(CC)CC. The molecule has 0 aromatic rings. The Labute approximate surface area is 83.5 Å². The molecular formula is C11H26N2. The van der Waals surface area contributed by atoms with Gasteiger partial charge in [-0.05, 0) is 33.4 Å². The van der Waals surface area contributed by atoms with Gasteiger partial charge in [0.05, 0.1) is 0 Å². The van der Waals surface area contributed by atoms with Gasteiger partial charge in [0.2, 0.25) is 0 Å². The first-order valence-electron chi connectivity index (χ1n) is 5.51. The van der Waals surface area contributed by atoms with Gasteiger partial charge >= 0.3 is 0 Å². The smallest absolute Gasteiger partial charge is 0.0303 e. The molecule has 0 rings (SSSR count). The summed E-state index contributed by atoms with van der Waals surface area (Å²) in [5, 5.41) is 0. The third-order valence-corrected chi connectivity index (χ3v) is 3.09. The van der Waals surface area contributed by atoms with E-state index in [1.165, 1.54) is 6.42 Å². The fraction of sp³-hybridized carbons (Fsp3) is 1.00. The zero-order valence-electron chi connectivity index (χ0n) is 9.93. The summed E-state index contributed by atoms with van der Waals surface area (Å²) >= 11 is 0. The Bertz CT molecular complexity index is 128. The Morgan fingerprint density at radius 1 is 1.15 bits per heavy atom. The second-order valence-electron chi connectivity index (χ2n) is 4.22. The molecule has 0 saturated carbocycles. The summed E-state index contributed by atoms with van der Waals surface area (Å²) in [6.45, 7) is 13.3.